The molecule has 1 heterocycles. The predicted molar refractivity (Wildman–Crippen MR) is 94.0 cm³/mol. The van der Waals surface area contributed by atoms with Crippen LogP contribution in [0.15, 0.2) is 40.8 Å². The van der Waals surface area contributed by atoms with Crippen LogP contribution >= 0.6 is 0 Å². The number of benzene rings is 1. The largest absolute Gasteiger partial charge is 0.456 e. The highest BCUT2D eigenvalue weighted by Crippen LogP contribution is 2.14. The van der Waals surface area contributed by atoms with Crippen molar-refractivity contribution in [2.75, 3.05) is 25.0 Å². The molecule has 0 saturated heterocycles. The summed E-state index contributed by atoms with van der Waals surface area (Å²) < 4.78 is 5.46. The van der Waals surface area contributed by atoms with Gasteiger partial charge in [-0.2, -0.15) is 0 Å². The minimum Gasteiger partial charge on any atom is -0.456 e. The van der Waals surface area contributed by atoms with Gasteiger partial charge in [-0.3, -0.25) is 4.79 Å². The number of amides is 1. The van der Waals surface area contributed by atoms with Crippen LogP contribution in [0.1, 0.15) is 42.6 Å². The molecule has 0 aliphatic rings. The van der Waals surface area contributed by atoms with Crippen LogP contribution in [-0.2, 0) is 12.8 Å². The van der Waals surface area contributed by atoms with E-state index in [2.05, 4.69) is 36.2 Å². The molecule has 0 aliphatic carbocycles. The third kappa shape index (κ3) is 4.96. The summed E-state index contributed by atoms with van der Waals surface area (Å²) in [6, 6.07) is 11.6. The lowest BCUT2D eigenvalue weighted by Gasteiger charge is -2.17. The van der Waals surface area contributed by atoms with Crippen molar-refractivity contribution < 1.29 is 9.21 Å². The normalized spacial score (nSPS) is 11.0. The molecule has 1 aromatic heterocycles. The number of furan rings is 1. The van der Waals surface area contributed by atoms with Crippen LogP contribution < -0.4 is 5.32 Å². The first-order valence-electron chi connectivity index (χ1n) is 8.37. The van der Waals surface area contributed by atoms with E-state index in [0.29, 0.717) is 5.76 Å². The van der Waals surface area contributed by atoms with Gasteiger partial charge in [-0.05, 0) is 49.3 Å². The monoisotopic (exact) mass is 314 g/mol. The van der Waals surface area contributed by atoms with Crippen LogP contribution in [-0.4, -0.2) is 30.4 Å². The van der Waals surface area contributed by atoms with Gasteiger partial charge >= 0.3 is 0 Å². The summed E-state index contributed by atoms with van der Waals surface area (Å²) in [7, 11) is 0. The van der Waals surface area contributed by atoms with E-state index in [0.717, 1.165) is 43.9 Å². The smallest absolute Gasteiger partial charge is 0.291 e. The Morgan fingerprint density at radius 3 is 2.30 bits per heavy atom. The number of nitrogens with zero attached hydrogens (tertiary/aromatic N) is 1. The van der Waals surface area contributed by atoms with Crippen molar-refractivity contribution >= 4 is 11.6 Å². The molecule has 0 atom stereocenters. The van der Waals surface area contributed by atoms with Gasteiger partial charge in [0.2, 0.25) is 0 Å². The number of carbonyl (C=O) groups excluding carboxylic acids is 1. The van der Waals surface area contributed by atoms with Crippen LogP contribution in [0.3, 0.4) is 0 Å². The fraction of sp³-hybridized carbons (Fsp3) is 0.421. The Bertz CT molecular complexity index is 613. The third-order valence-electron chi connectivity index (χ3n) is 4.06. The minimum atomic E-state index is -0.208. The van der Waals surface area contributed by atoms with Crippen molar-refractivity contribution in [2.45, 2.75) is 33.6 Å². The van der Waals surface area contributed by atoms with Gasteiger partial charge in [-0.15, -0.1) is 0 Å². The highest BCUT2D eigenvalue weighted by atomic mass is 16.3. The maximum absolute atomic E-state index is 12.1. The lowest BCUT2D eigenvalue weighted by atomic mass is 10.1. The molecule has 1 N–H and O–H groups in total. The first-order chi connectivity index (χ1) is 11.2. The molecule has 0 aliphatic heterocycles. The highest BCUT2D eigenvalue weighted by molar-refractivity contribution is 6.02. The van der Waals surface area contributed by atoms with Crippen molar-refractivity contribution in [3.05, 3.63) is 53.5 Å². The van der Waals surface area contributed by atoms with E-state index < -0.39 is 0 Å². The standard InChI is InChI=1S/C19H26N2O2/c1-4-17-11-12-18(23-17)19(22)20-16-9-7-15(8-10-16)13-14-21(5-2)6-3/h7-12H,4-6,13-14H2,1-3H3,(H,20,22). The number of carbonyl (C=O) groups is 1. The van der Waals surface area contributed by atoms with Crippen LogP contribution in [0.25, 0.3) is 0 Å². The van der Waals surface area contributed by atoms with Crippen LogP contribution in [0.5, 0.6) is 0 Å². The fourth-order valence-corrected chi connectivity index (χ4v) is 2.46. The molecular formula is C19H26N2O2. The number of anilines is 1. The first-order valence-corrected chi connectivity index (χ1v) is 8.37. The second-order valence-electron chi connectivity index (χ2n) is 5.55. The number of aryl methyl sites for hydroxylation is 1. The van der Waals surface area contributed by atoms with Gasteiger partial charge in [-0.25, -0.2) is 0 Å². The van der Waals surface area contributed by atoms with Gasteiger partial charge < -0.3 is 14.6 Å². The molecule has 4 nitrogen and oxygen atoms in total. The Morgan fingerprint density at radius 2 is 1.74 bits per heavy atom. The lowest BCUT2D eigenvalue weighted by Crippen LogP contribution is -2.25. The van der Waals surface area contributed by atoms with E-state index in [1.165, 1.54) is 5.56 Å². The van der Waals surface area contributed by atoms with Gasteiger partial charge in [0.1, 0.15) is 5.76 Å². The van der Waals surface area contributed by atoms with E-state index in [-0.39, 0.29) is 5.91 Å². The van der Waals surface area contributed by atoms with E-state index in [4.69, 9.17) is 4.42 Å². The zero-order chi connectivity index (χ0) is 16.7. The predicted octanol–water partition coefficient (Wildman–Crippen LogP) is 3.98. The van der Waals surface area contributed by atoms with Gasteiger partial charge in [0, 0.05) is 18.7 Å². The molecule has 0 saturated carbocycles. The van der Waals surface area contributed by atoms with Crippen molar-refractivity contribution in [2.24, 2.45) is 0 Å². The molecule has 0 radical (unpaired) electrons. The Morgan fingerprint density at radius 1 is 1.04 bits per heavy atom. The van der Waals surface area contributed by atoms with E-state index in [1.807, 2.05) is 25.1 Å². The zero-order valence-corrected chi connectivity index (χ0v) is 14.3. The van der Waals surface area contributed by atoms with Gasteiger partial charge in [0.25, 0.3) is 5.91 Å². The molecule has 4 heteroatoms. The number of nitrogens with one attached hydrogen (secondary N) is 1. The molecular weight excluding hydrogens is 288 g/mol. The first kappa shape index (κ1) is 17.3. The summed E-state index contributed by atoms with van der Waals surface area (Å²) in [5, 5.41) is 2.87. The van der Waals surface area contributed by atoms with Gasteiger partial charge in [-0.1, -0.05) is 32.9 Å². The summed E-state index contributed by atoms with van der Waals surface area (Å²) in [5.41, 5.74) is 2.07. The maximum atomic E-state index is 12.1. The van der Waals surface area contributed by atoms with E-state index in [9.17, 15) is 4.79 Å². The Kier molecular flexibility index (Phi) is 6.41. The maximum Gasteiger partial charge on any atom is 0.291 e. The van der Waals surface area contributed by atoms with Crippen molar-refractivity contribution in [3.63, 3.8) is 0 Å². The zero-order valence-electron chi connectivity index (χ0n) is 14.3. The molecule has 0 bridgehead atoms. The Labute approximate surface area is 138 Å². The summed E-state index contributed by atoms with van der Waals surface area (Å²) in [6.45, 7) is 9.57. The summed E-state index contributed by atoms with van der Waals surface area (Å²) >= 11 is 0. The molecule has 0 unspecified atom stereocenters. The molecule has 0 spiro atoms. The molecule has 1 aromatic carbocycles. The van der Waals surface area contributed by atoms with Crippen LogP contribution in [0, 0.1) is 0 Å². The van der Waals surface area contributed by atoms with Crippen LogP contribution in [0.4, 0.5) is 5.69 Å². The number of rotatable bonds is 8. The fourth-order valence-electron chi connectivity index (χ4n) is 2.46. The average Bonchev–Trinajstić information content (AvgIpc) is 3.06. The van der Waals surface area contributed by atoms with Gasteiger partial charge in [0.05, 0.1) is 0 Å². The topological polar surface area (TPSA) is 45.5 Å². The molecule has 2 aromatic rings. The molecule has 2 rings (SSSR count). The number of hydrogen-bond donors (Lipinski definition) is 1. The van der Waals surface area contributed by atoms with E-state index >= 15 is 0 Å². The summed E-state index contributed by atoms with van der Waals surface area (Å²) in [5.74, 6) is 0.968. The average molecular weight is 314 g/mol. The van der Waals surface area contributed by atoms with Crippen molar-refractivity contribution in [1.29, 1.82) is 0 Å². The highest BCUT2D eigenvalue weighted by Gasteiger charge is 2.10. The second-order valence-corrected chi connectivity index (χ2v) is 5.55. The molecule has 23 heavy (non-hydrogen) atoms. The van der Waals surface area contributed by atoms with Crippen LogP contribution in [0.2, 0.25) is 0 Å². The van der Waals surface area contributed by atoms with Crippen molar-refractivity contribution in [3.8, 4) is 0 Å². The minimum absolute atomic E-state index is 0.208. The molecule has 0 fully saturated rings. The molecule has 124 valence electrons. The second kappa shape index (κ2) is 8.53. The number of hydrogen-bond acceptors (Lipinski definition) is 3. The number of likely N-dealkylation sites (N-methyl/N-ethyl adjacent to an activating group) is 1. The third-order valence-corrected chi connectivity index (χ3v) is 4.06. The lowest BCUT2D eigenvalue weighted by molar-refractivity contribution is 0.0995. The Hall–Kier alpha value is -2.07. The van der Waals surface area contributed by atoms with Crippen molar-refractivity contribution in [1.82, 2.24) is 4.90 Å². The summed E-state index contributed by atoms with van der Waals surface area (Å²) in [4.78, 5) is 14.5. The molecule has 1 amide bonds. The Balaban J connectivity index is 1.90. The van der Waals surface area contributed by atoms with Gasteiger partial charge in [0.15, 0.2) is 5.76 Å². The summed E-state index contributed by atoms with van der Waals surface area (Å²) in [6.07, 6.45) is 1.81. The quantitative estimate of drug-likeness (QED) is 0.801. The SMILES string of the molecule is CCc1ccc(C(=O)Nc2ccc(CCN(CC)CC)cc2)o1. The van der Waals surface area contributed by atoms with E-state index in [1.54, 1.807) is 6.07 Å².